The monoisotopic (exact) mass is 391 g/mol. The number of hydrogen-bond acceptors (Lipinski definition) is 7. The number of nitrogens with one attached hydrogen (secondary N) is 2. The van der Waals surface area contributed by atoms with Gasteiger partial charge in [0, 0.05) is 24.5 Å². The van der Waals surface area contributed by atoms with Gasteiger partial charge >= 0.3 is 6.09 Å². The van der Waals surface area contributed by atoms with Crippen LogP contribution >= 0.6 is 11.3 Å². The Morgan fingerprint density at radius 2 is 2.04 bits per heavy atom. The quantitative estimate of drug-likeness (QED) is 0.706. The van der Waals surface area contributed by atoms with E-state index in [1.54, 1.807) is 32.3 Å². The Balaban J connectivity index is 1.78. The van der Waals surface area contributed by atoms with Gasteiger partial charge in [0.1, 0.15) is 5.00 Å². The van der Waals surface area contributed by atoms with Gasteiger partial charge in [-0.05, 0) is 19.9 Å². The molecule has 0 radical (unpaired) electrons. The molecule has 27 heavy (non-hydrogen) atoms. The molecule has 0 aromatic carbocycles. The Labute approximate surface area is 156 Å². The number of carbonyl (C=O) groups excluding carboxylic acids is 3. The van der Waals surface area contributed by atoms with Crippen molar-refractivity contribution in [3.63, 3.8) is 0 Å². The molecule has 3 heterocycles. The molecule has 0 aliphatic carbocycles. The highest BCUT2D eigenvalue weighted by atomic mass is 32.1. The first-order valence-corrected chi connectivity index (χ1v) is 8.58. The molecule has 0 saturated carbocycles. The van der Waals surface area contributed by atoms with Crippen LogP contribution in [0.25, 0.3) is 5.65 Å². The van der Waals surface area contributed by atoms with Crippen LogP contribution in [0.2, 0.25) is 0 Å². The summed E-state index contributed by atoms with van der Waals surface area (Å²) in [6.45, 7) is 3.23. The third-order valence-corrected chi connectivity index (χ3v) is 4.04. The van der Waals surface area contributed by atoms with E-state index >= 15 is 0 Å². The van der Waals surface area contributed by atoms with Gasteiger partial charge in [-0.25, -0.2) is 14.3 Å². The van der Waals surface area contributed by atoms with Gasteiger partial charge in [-0.2, -0.15) is 9.49 Å². The summed E-state index contributed by atoms with van der Waals surface area (Å²) in [6, 6.07) is 4.01. The molecule has 2 N–H and O–H groups in total. The number of ether oxygens (including phenoxy) is 1. The highest BCUT2D eigenvalue weighted by Crippen LogP contribution is 2.27. The third-order valence-electron chi connectivity index (χ3n) is 3.20. The van der Waals surface area contributed by atoms with Crippen molar-refractivity contribution in [2.24, 2.45) is 0 Å². The van der Waals surface area contributed by atoms with Gasteiger partial charge in [0.2, 0.25) is 0 Å². The molecule has 0 aliphatic heterocycles. The largest absolute Gasteiger partial charge is 0.447 e. The normalized spacial score (nSPS) is 10.8. The zero-order valence-electron chi connectivity index (χ0n) is 14.2. The summed E-state index contributed by atoms with van der Waals surface area (Å²) in [6.07, 6.45) is 1.76. The number of halogens is 1. The van der Waals surface area contributed by atoms with Crippen molar-refractivity contribution < 1.29 is 23.5 Å². The molecular weight excluding hydrogens is 377 g/mol. The number of anilines is 1. The zero-order chi connectivity index (χ0) is 19.6. The number of rotatable bonds is 4. The summed E-state index contributed by atoms with van der Waals surface area (Å²) >= 11 is 0.552. The average Bonchev–Trinajstić information content (AvgIpc) is 3.17. The first-order chi connectivity index (χ1) is 12.8. The molecule has 3 amide bonds. The second-order valence-corrected chi connectivity index (χ2v) is 6.61. The van der Waals surface area contributed by atoms with Crippen LogP contribution in [0.3, 0.4) is 0 Å². The molecule has 3 aromatic rings. The van der Waals surface area contributed by atoms with Crippen LogP contribution in [-0.4, -0.2) is 38.6 Å². The number of imide groups is 1. The number of alkyl carbamates (subject to hydrolysis) is 1. The van der Waals surface area contributed by atoms with Crippen molar-refractivity contribution in [3.8, 4) is 0 Å². The number of thiophene rings is 1. The fraction of sp³-hybridized carbons (Fsp3) is 0.188. The fourth-order valence-corrected chi connectivity index (χ4v) is 2.91. The predicted molar refractivity (Wildman–Crippen MR) is 94.3 cm³/mol. The zero-order valence-corrected chi connectivity index (χ0v) is 15.0. The van der Waals surface area contributed by atoms with E-state index < -0.39 is 29.1 Å². The van der Waals surface area contributed by atoms with Crippen molar-refractivity contribution in [1.29, 1.82) is 0 Å². The molecule has 0 saturated heterocycles. The van der Waals surface area contributed by atoms with Gasteiger partial charge in [-0.1, -0.05) is 11.3 Å². The van der Waals surface area contributed by atoms with Crippen molar-refractivity contribution in [3.05, 3.63) is 47.0 Å². The van der Waals surface area contributed by atoms with Crippen LogP contribution in [0.15, 0.2) is 30.6 Å². The number of carbonyl (C=O) groups is 3. The SMILES string of the molecule is CC(C)OC(=O)NC(=O)c1cc(F)sc1NC(=O)c1cc2ncccn2n1. The van der Waals surface area contributed by atoms with E-state index in [0.29, 0.717) is 17.0 Å². The van der Waals surface area contributed by atoms with Crippen molar-refractivity contribution in [1.82, 2.24) is 19.9 Å². The Morgan fingerprint density at radius 1 is 1.26 bits per heavy atom. The lowest BCUT2D eigenvalue weighted by Gasteiger charge is -2.09. The Morgan fingerprint density at radius 3 is 2.74 bits per heavy atom. The summed E-state index contributed by atoms with van der Waals surface area (Å²) in [7, 11) is 0. The topological polar surface area (TPSA) is 115 Å². The van der Waals surface area contributed by atoms with Gasteiger partial charge in [-0.15, -0.1) is 0 Å². The second kappa shape index (κ2) is 7.50. The van der Waals surface area contributed by atoms with Crippen LogP contribution < -0.4 is 10.6 Å². The summed E-state index contributed by atoms with van der Waals surface area (Å²) in [5, 5.41) is 7.69. The average molecular weight is 391 g/mol. The van der Waals surface area contributed by atoms with Crippen LogP contribution in [0.1, 0.15) is 34.7 Å². The van der Waals surface area contributed by atoms with Crippen LogP contribution in [0.5, 0.6) is 0 Å². The molecule has 0 fully saturated rings. The minimum Gasteiger partial charge on any atom is -0.447 e. The van der Waals surface area contributed by atoms with E-state index in [-0.39, 0.29) is 16.3 Å². The standard InChI is InChI=1S/C16H14FN5O4S/c1-8(2)26-16(25)20-13(23)9-6-11(17)27-15(9)19-14(24)10-7-12-18-4-3-5-22(12)21-10/h3-8H,1-2H3,(H,19,24)(H,20,23,25). The summed E-state index contributed by atoms with van der Waals surface area (Å²) in [5.41, 5.74) is 0.288. The molecule has 11 heteroatoms. The van der Waals surface area contributed by atoms with Gasteiger partial charge in [0.05, 0.1) is 11.7 Å². The molecule has 9 nitrogen and oxygen atoms in total. The van der Waals surface area contributed by atoms with Crippen molar-refractivity contribution in [2.75, 3.05) is 5.32 Å². The summed E-state index contributed by atoms with van der Waals surface area (Å²) in [5.74, 6) is -1.55. The van der Waals surface area contributed by atoms with E-state index in [1.165, 1.54) is 10.6 Å². The van der Waals surface area contributed by atoms with E-state index in [9.17, 15) is 18.8 Å². The van der Waals surface area contributed by atoms with Gasteiger partial charge in [0.15, 0.2) is 16.5 Å². The minimum atomic E-state index is -0.967. The molecule has 0 bridgehead atoms. The number of amides is 3. The van der Waals surface area contributed by atoms with Crippen molar-refractivity contribution >= 4 is 39.9 Å². The Bertz CT molecular complexity index is 996. The molecule has 0 unspecified atom stereocenters. The maximum atomic E-state index is 13.7. The summed E-state index contributed by atoms with van der Waals surface area (Å²) in [4.78, 5) is 40.2. The smallest absolute Gasteiger partial charge is 0.414 e. The van der Waals surface area contributed by atoms with Gasteiger partial charge in [-0.3, -0.25) is 14.9 Å². The maximum absolute atomic E-state index is 13.7. The van der Waals surface area contributed by atoms with Crippen LogP contribution in [0, 0.1) is 5.13 Å². The molecule has 3 rings (SSSR count). The fourth-order valence-electron chi connectivity index (χ4n) is 2.13. The molecule has 0 aliphatic rings. The highest BCUT2D eigenvalue weighted by Gasteiger charge is 2.22. The molecular formula is C16H14FN5O4S. The lowest BCUT2D eigenvalue weighted by molar-refractivity contribution is 0.0877. The van der Waals surface area contributed by atoms with Gasteiger partial charge in [0.25, 0.3) is 11.8 Å². The lowest BCUT2D eigenvalue weighted by atomic mass is 10.3. The maximum Gasteiger partial charge on any atom is 0.414 e. The van der Waals surface area contributed by atoms with Crippen LogP contribution in [0.4, 0.5) is 14.2 Å². The van der Waals surface area contributed by atoms with E-state index in [4.69, 9.17) is 4.74 Å². The highest BCUT2D eigenvalue weighted by molar-refractivity contribution is 7.15. The first-order valence-electron chi connectivity index (χ1n) is 7.76. The first kappa shape index (κ1) is 18.5. The molecule has 3 aromatic heterocycles. The number of nitrogens with zero attached hydrogens (tertiary/aromatic N) is 3. The van der Waals surface area contributed by atoms with E-state index in [0.717, 1.165) is 6.07 Å². The third kappa shape index (κ3) is 4.26. The minimum absolute atomic E-state index is 0.0353. The van der Waals surface area contributed by atoms with E-state index in [1.807, 2.05) is 5.32 Å². The Kier molecular flexibility index (Phi) is 5.12. The van der Waals surface area contributed by atoms with Gasteiger partial charge < -0.3 is 10.1 Å². The molecule has 0 spiro atoms. The van der Waals surface area contributed by atoms with Crippen LogP contribution in [-0.2, 0) is 4.74 Å². The number of hydrogen-bond donors (Lipinski definition) is 2. The predicted octanol–water partition coefficient (Wildman–Crippen LogP) is 2.46. The summed E-state index contributed by atoms with van der Waals surface area (Å²) < 4.78 is 19.9. The number of fused-ring (bicyclic) bond motifs is 1. The van der Waals surface area contributed by atoms with E-state index in [2.05, 4.69) is 15.4 Å². The lowest BCUT2D eigenvalue weighted by Crippen LogP contribution is -2.33. The Hall–Kier alpha value is -3.34. The van der Waals surface area contributed by atoms with Crippen molar-refractivity contribution in [2.45, 2.75) is 20.0 Å². The number of aromatic nitrogens is 3. The second-order valence-electron chi connectivity index (χ2n) is 5.61. The molecule has 0 atom stereocenters. The molecule has 140 valence electrons.